The van der Waals surface area contributed by atoms with Gasteiger partial charge in [0.2, 0.25) is 0 Å². The van der Waals surface area contributed by atoms with Crippen LogP contribution in [-0.4, -0.2) is 32.2 Å². The van der Waals surface area contributed by atoms with Gasteiger partial charge in [0.1, 0.15) is 5.75 Å². The van der Waals surface area contributed by atoms with E-state index in [1.54, 1.807) is 0 Å². The summed E-state index contributed by atoms with van der Waals surface area (Å²) < 4.78 is 36.3. The van der Waals surface area contributed by atoms with Crippen molar-refractivity contribution in [1.82, 2.24) is 5.32 Å². The van der Waals surface area contributed by atoms with Gasteiger partial charge in [-0.3, -0.25) is 4.55 Å². The summed E-state index contributed by atoms with van der Waals surface area (Å²) in [5.74, 6) is 0.786. The number of hydrogen-bond acceptors (Lipinski definition) is 4. The summed E-state index contributed by atoms with van der Waals surface area (Å²) in [5.41, 5.74) is 1.58. The van der Waals surface area contributed by atoms with Crippen molar-refractivity contribution in [2.24, 2.45) is 0 Å². The number of carbonyl (C=O) groups excluding carboxylic acids is 1. The third kappa shape index (κ3) is 6.44. The fourth-order valence-electron chi connectivity index (χ4n) is 1.98. The Morgan fingerprint density at radius 2 is 1.72 bits per heavy atom. The number of rotatable bonds is 7. The van der Waals surface area contributed by atoms with Gasteiger partial charge in [-0.15, -0.1) is 0 Å². The number of nitrogens with one attached hydrogen (secondary N) is 2. The lowest BCUT2D eigenvalue weighted by molar-refractivity contribution is 0.250. The summed E-state index contributed by atoms with van der Waals surface area (Å²) in [5, 5.41) is 5.24. The van der Waals surface area contributed by atoms with Gasteiger partial charge in [-0.25, -0.2) is 4.79 Å². The standard InChI is InChI=1S/C17H20N2O5S/c1-13-3-7-15(8-4-13)24-12-2-11-18-17(20)19-14-5-9-16(10-6-14)25(21,22)23/h3-10H,2,11-12H2,1H3,(H2,18,19,20)(H,21,22,23). The number of urea groups is 1. The Balaban J connectivity index is 1.67. The summed E-state index contributed by atoms with van der Waals surface area (Å²) >= 11 is 0. The molecular weight excluding hydrogens is 344 g/mol. The zero-order valence-corrected chi connectivity index (χ0v) is 14.5. The smallest absolute Gasteiger partial charge is 0.319 e. The first kappa shape index (κ1) is 18.8. The third-order valence-corrected chi connectivity index (χ3v) is 4.17. The summed E-state index contributed by atoms with van der Waals surface area (Å²) in [6.45, 7) is 2.91. The maximum absolute atomic E-state index is 11.7. The van der Waals surface area contributed by atoms with Crippen molar-refractivity contribution in [2.45, 2.75) is 18.2 Å². The van der Waals surface area contributed by atoms with Crippen LogP contribution in [0.3, 0.4) is 0 Å². The van der Waals surface area contributed by atoms with E-state index in [4.69, 9.17) is 9.29 Å². The topological polar surface area (TPSA) is 105 Å². The fraction of sp³-hybridized carbons (Fsp3) is 0.235. The number of amides is 2. The maximum atomic E-state index is 11.7. The van der Waals surface area contributed by atoms with Crippen LogP contribution in [0.5, 0.6) is 5.75 Å². The van der Waals surface area contributed by atoms with Gasteiger partial charge < -0.3 is 15.4 Å². The van der Waals surface area contributed by atoms with E-state index in [0.29, 0.717) is 25.3 Å². The quantitative estimate of drug-likeness (QED) is 0.518. The van der Waals surface area contributed by atoms with Gasteiger partial charge in [-0.2, -0.15) is 8.42 Å². The van der Waals surface area contributed by atoms with Gasteiger partial charge in [0.05, 0.1) is 11.5 Å². The highest BCUT2D eigenvalue weighted by Crippen LogP contribution is 2.13. The van der Waals surface area contributed by atoms with Gasteiger partial charge in [0.25, 0.3) is 10.1 Å². The Hall–Kier alpha value is -2.58. The molecule has 0 aliphatic carbocycles. The summed E-state index contributed by atoms with van der Waals surface area (Å²) in [6.07, 6.45) is 0.642. The van der Waals surface area contributed by atoms with Crippen molar-refractivity contribution >= 4 is 21.8 Å². The largest absolute Gasteiger partial charge is 0.494 e. The van der Waals surface area contributed by atoms with Crippen LogP contribution in [0.15, 0.2) is 53.4 Å². The predicted octanol–water partition coefficient (Wildman–Crippen LogP) is 2.83. The first-order valence-electron chi connectivity index (χ1n) is 7.66. The maximum Gasteiger partial charge on any atom is 0.319 e. The third-order valence-electron chi connectivity index (χ3n) is 3.31. The van der Waals surface area contributed by atoms with Crippen LogP contribution in [-0.2, 0) is 10.1 Å². The molecule has 7 nitrogen and oxygen atoms in total. The summed E-state index contributed by atoms with van der Waals surface area (Å²) in [7, 11) is -4.24. The molecule has 2 rings (SSSR count). The minimum absolute atomic E-state index is 0.230. The summed E-state index contributed by atoms with van der Waals surface area (Å²) in [4.78, 5) is 11.5. The van der Waals surface area contributed by atoms with Crippen LogP contribution < -0.4 is 15.4 Å². The van der Waals surface area contributed by atoms with Crippen molar-refractivity contribution in [3.63, 3.8) is 0 Å². The first-order chi connectivity index (χ1) is 11.8. The van der Waals surface area contributed by atoms with Crippen molar-refractivity contribution in [3.8, 4) is 5.75 Å². The highest BCUT2D eigenvalue weighted by molar-refractivity contribution is 7.85. The van der Waals surface area contributed by atoms with Crippen LogP contribution in [0, 0.1) is 6.92 Å². The normalized spacial score (nSPS) is 11.0. The molecule has 0 atom stereocenters. The molecule has 0 aromatic heterocycles. The van der Waals surface area contributed by atoms with Crippen molar-refractivity contribution in [3.05, 3.63) is 54.1 Å². The van der Waals surface area contributed by atoms with E-state index in [9.17, 15) is 13.2 Å². The number of ether oxygens (including phenoxy) is 1. The molecule has 0 saturated carbocycles. The number of benzene rings is 2. The molecule has 0 radical (unpaired) electrons. The molecule has 0 aliphatic heterocycles. The number of anilines is 1. The highest BCUT2D eigenvalue weighted by atomic mass is 32.2. The minimum atomic E-state index is -4.24. The van der Waals surface area contributed by atoms with E-state index in [1.807, 2.05) is 31.2 Å². The molecule has 0 bridgehead atoms. The van der Waals surface area contributed by atoms with Gasteiger partial charge in [-0.05, 0) is 49.7 Å². The molecule has 0 saturated heterocycles. The van der Waals surface area contributed by atoms with E-state index < -0.39 is 16.1 Å². The Kier molecular flexibility index (Phi) is 6.37. The Morgan fingerprint density at radius 1 is 1.08 bits per heavy atom. The molecule has 2 aromatic rings. The fourth-order valence-corrected chi connectivity index (χ4v) is 2.46. The average Bonchev–Trinajstić information content (AvgIpc) is 2.56. The molecule has 0 unspecified atom stereocenters. The Labute approximate surface area is 146 Å². The van der Waals surface area contributed by atoms with E-state index >= 15 is 0 Å². The van der Waals surface area contributed by atoms with Crippen molar-refractivity contribution in [2.75, 3.05) is 18.5 Å². The monoisotopic (exact) mass is 364 g/mol. The van der Waals surface area contributed by atoms with E-state index in [0.717, 1.165) is 11.3 Å². The number of carbonyl (C=O) groups is 1. The van der Waals surface area contributed by atoms with Crippen molar-refractivity contribution < 1.29 is 22.5 Å². The second-order valence-corrected chi connectivity index (χ2v) is 6.82. The molecule has 2 amide bonds. The molecule has 3 N–H and O–H groups in total. The molecule has 134 valence electrons. The van der Waals surface area contributed by atoms with Crippen LogP contribution in [0.2, 0.25) is 0 Å². The molecule has 25 heavy (non-hydrogen) atoms. The molecule has 0 aliphatic rings. The van der Waals surface area contributed by atoms with Crippen LogP contribution in [0.4, 0.5) is 10.5 Å². The molecule has 8 heteroatoms. The molecule has 0 heterocycles. The number of aryl methyl sites for hydroxylation is 1. The lowest BCUT2D eigenvalue weighted by Gasteiger charge is -2.09. The predicted molar refractivity (Wildman–Crippen MR) is 94.6 cm³/mol. The zero-order valence-electron chi connectivity index (χ0n) is 13.7. The van der Waals surface area contributed by atoms with Crippen molar-refractivity contribution in [1.29, 1.82) is 0 Å². The second-order valence-electron chi connectivity index (χ2n) is 5.40. The van der Waals surface area contributed by atoms with Gasteiger partial charge in [-0.1, -0.05) is 17.7 Å². The number of hydrogen-bond donors (Lipinski definition) is 3. The van der Waals surface area contributed by atoms with Gasteiger partial charge in [0.15, 0.2) is 0 Å². The van der Waals surface area contributed by atoms with E-state index in [2.05, 4.69) is 10.6 Å². The van der Waals surface area contributed by atoms with Crippen LogP contribution in [0.1, 0.15) is 12.0 Å². The van der Waals surface area contributed by atoms with Gasteiger partial charge >= 0.3 is 6.03 Å². The highest BCUT2D eigenvalue weighted by Gasteiger charge is 2.09. The van der Waals surface area contributed by atoms with E-state index in [-0.39, 0.29) is 4.90 Å². The van der Waals surface area contributed by atoms with Gasteiger partial charge in [0, 0.05) is 12.2 Å². The van der Waals surface area contributed by atoms with E-state index in [1.165, 1.54) is 24.3 Å². The molecular formula is C17H20N2O5S. The van der Waals surface area contributed by atoms with Crippen LogP contribution >= 0.6 is 0 Å². The molecule has 2 aromatic carbocycles. The lowest BCUT2D eigenvalue weighted by atomic mass is 10.2. The first-order valence-corrected chi connectivity index (χ1v) is 9.10. The SMILES string of the molecule is Cc1ccc(OCCCNC(=O)Nc2ccc(S(=O)(=O)O)cc2)cc1. The Morgan fingerprint density at radius 3 is 2.32 bits per heavy atom. The second kappa shape index (κ2) is 8.50. The average molecular weight is 364 g/mol. The minimum Gasteiger partial charge on any atom is -0.494 e. The van der Waals surface area contributed by atoms with Crippen LogP contribution in [0.25, 0.3) is 0 Å². The summed E-state index contributed by atoms with van der Waals surface area (Å²) in [6, 6.07) is 12.5. The molecule has 0 spiro atoms. The Bertz CT molecular complexity index is 802. The lowest BCUT2D eigenvalue weighted by Crippen LogP contribution is -2.30. The zero-order chi connectivity index (χ0) is 18.3. The molecule has 0 fully saturated rings.